The van der Waals surface area contributed by atoms with Gasteiger partial charge in [-0.15, -0.1) is 0 Å². The van der Waals surface area contributed by atoms with Crippen molar-refractivity contribution in [2.45, 2.75) is 45.1 Å². The summed E-state index contributed by atoms with van der Waals surface area (Å²) in [5.74, 6) is 0.498. The largest absolute Gasteiger partial charge is 0.358 e. The first-order valence-electron chi connectivity index (χ1n) is 9.79. The van der Waals surface area contributed by atoms with Crippen molar-refractivity contribution in [3.63, 3.8) is 0 Å². The van der Waals surface area contributed by atoms with Crippen molar-refractivity contribution < 1.29 is 4.79 Å². The molecule has 0 saturated carbocycles. The predicted octanol–water partition coefficient (Wildman–Crippen LogP) is 2.73. The molecule has 1 aromatic carbocycles. The molecule has 0 saturated heterocycles. The van der Waals surface area contributed by atoms with E-state index in [1.807, 2.05) is 0 Å². The standard InChI is InChI=1S/C21H22N6O/c28-20(9-15-11-23-21-24-13-25-27(21)12-15)22-10-14-6-7-19-17(8-14)16-4-2-1-3-5-18(16)26-19/h6-8,11-13,26H,1-5,9-10H2,(H,22,28). The van der Waals surface area contributed by atoms with Crippen LogP contribution in [0.4, 0.5) is 0 Å². The van der Waals surface area contributed by atoms with Crippen molar-refractivity contribution in [3.05, 3.63) is 59.3 Å². The Morgan fingerprint density at radius 2 is 2.07 bits per heavy atom. The number of aromatic amines is 1. The Labute approximate surface area is 162 Å². The van der Waals surface area contributed by atoms with Crippen molar-refractivity contribution in [3.8, 4) is 0 Å². The van der Waals surface area contributed by atoms with Crippen LogP contribution in [0.25, 0.3) is 16.7 Å². The van der Waals surface area contributed by atoms with Crippen LogP contribution in [0.2, 0.25) is 0 Å². The first kappa shape index (κ1) is 16.9. The Morgan fingerprint density at radius 3 is 3.04 bits per heavy atom. The van der Waals surface area contributed by atoms with E-state index in [0.717, 1.165) is 24.0 Å². The summed E-state index contributed by atoms with van der Waals surface area (Å²) in [5.41, 5.74) is 5.99. The second kappa shape index (κ2) is 7.07. The quantitative estimate of drug-likeness (QED) is 0.538. The van der Waals surface area contributed by atoms with Gasteiger partial charge in [0.15, 0.2) is 0 Å². The molecule has 1 aliphatic rings. The number of carbonyl (C=O) groups is 1. The smallest absolute Gasteiger partial charge is 0.252 e. The van der Waals surface area contributed by atoms with Gasteiger partial charge in [-0.1, -0.05) is 12.5 Å². The number of amides is 1. The number of nitrogens with one attached hydrogen (secondary N) is 2. The lowest BCUT2D eigenvalue weighted by atomic mass is 10.0. The fourth-order valence-electron chi connectivity index (χ4n) is 4.04. The molecule has 1 aliphatic carbocycles. The van der Waals surface area contributed by atoms with Crippen LogP contribution in [0.3, 0.4) is 0 Å². The van der Waals surface area contributed by atoms with E-state index < -0.39 is 0 Å². The van der Waals surface area contributed by atoms with Crippen LogP contribution in [0, 0.1) is 0 Å². The molecule has 0 unspecified atom stereocenters. The van der Waals surface area contributed by atoms with E-state index in [4.69, 9.17) is 0 Å². The topological polar surface area (TPSA) is 88.0 Å². The van der Waals surface area contributed by atoms with Crippen molar-refractivity contribution in [2.24, 2.45) is 0 Å². The summed E-state index contributed by atoms with van der Waals surface area (Å²) in [6.07, 6.45) is 11.3. The second-order valence-electron chi connectivity index (χ2n) is 7.44. The fourth-order valence-corrected chi connectivity index (χ4v) is 4.04. The van der Waals surface area contributed by atoms with E-state index in [2.05, 4.69) is 43.6 Å². The number of H-pyrrole nitrogens is 1. The fraction of sp³-hybridized carbons (Fsp3) is 0.333. The van der Waals surface area contributed by atoms with E-state index in [1.165, 1.54) is 47.8 Å². The molecule has 5 rings (SSSR count). The van der Waals surface area contributed by atoms with Gasteiger partial charge in [0.25, 0.3) is 5.78 Å². The molecule has 3 aromatic heterocycles. The van der Waals surface area contributed by atoms with Gasteiger partial charge in [-0.2, -0.15) is 10.1 Å². The van der Waals surface area contributed by atoms with Gasteiger partial charge in [0, 0.05) is 35.5 Å². The first-order valence-corrected chi connectivity index (χ1v) is 9.79. The lowest BCUT2D eigenvalue weighted by Gasteiger charge is -2.07. The van der Waals surface area contributed by atoms with Gasteiger partial charge in [0.2, 0.25) is 5.91 Å². The molecular weight excluding hydrogens is 352 g/mol. The van der Waals surface area contributed by atoms with E-state index in [9.17, 15) is 4.79 Å². The van der Waals surface area contributed by atoms with Gasteiger partial charge < -0.3 is 10.3 Å². The number of nitrogens with zero attached hydrogens (tertiary/aromatic N) is 4. The average Bonchev–Trinajstić information content (AvgIpc) is 3.23. The zero-order valence-electron chi connectivity index (χ0n) is 15.6. The van der Waals surface area contributed by atoms with Gasteiger partial charge in [-0.25, -0.2) is 9.50 Å². The molecule has 0 fully saturated rings. The van der Waals surface area contributed by atoms with Crippen molar-refractivity contribution in [1.82, 2.24) is 29.9 Å². The monoisotopic (exact) mass is 374 g/mol. The maximum atomic E-state index is 12.4. The van der Waals surface area contributed by atoms with Crippen LogP contribution in [-0.4, -0.2) is 30.5 Å². The number of hydrogen-bond acceptors (Lipinski definition) is 4. The van der Waals surface area contributed by atoms with Gasteiger partial charge in [0.05, 0.1) is 6.42 Å². The van der Waals surface area contributed by atoms with Gasteiger partial charge >= 0.3 is 0 Å². The Kier molecular flexibility index (Phi) is 4.27. The van der Waals surface area contributed by atoms with E-state index in [-0.39, 0.29) is 12.3 Å². The minimum absolute atomic E-state index is 0.0331. The van der Waals surface area contributed by atoms with Crippen LogP contribution >= 0.6 is 0 Å². The normalized spacial score (nSPS) is 14.1. The molecular formula is C21H22N6O. The molecule has 0 aliphatic heterocycles. The third-order valence-electron chi connectivity index (χ3n) is 5.45. The number of benzene rings is 1. The van der Waals surface area contributed by atoms with Crippen molar-refractivity contribution in [1.29, 1.82) is 0 Å². The highest BCUT2D eigenvalue weighted by atomic mass is 16.1. The highest BCUT2D eigenvalue weighted by Crippen LogP contribution is 2.29. The molecule has 0 bridgehead atoms. The van der Waals surface area contributed by atoms with E-state index >= 15 is 0 Å². The lowest BCUT2D eigenvalue weighted by molar-refractivity contribution is -0.120. The average molecular weight is 374 g/mol. The SMILES string of the molecule is O=C(Cc1cnc2ncnn2c1)NCc1ccc2[nH]c3c(c2c1)CCCCC3. The van der Waals surface area contributed by atoms with Crippen LogP contribution < -0.4 is 5.32 Å². The summed E-state index contributed by atoms with van der Waals surface area (Å²) in [5, 5.41) is 8.38. The Balaban J connectivity index is 1.28. The van der Waals surface area contributed by atoms with E-state index in [1.54, 1.807) is 16.9 Å². The number of hydrogen-bond donors (Lipinski definition) is 2. The van der Waals surface area contributed by atoms with Crippen molar-refractivity contribution in [2.75, 3.05) is 0 Å². The number of carbonyl (C=O) groups excluding carboxylic acids is 1. The van der Waals surface area contributed by atoms with Crippen LogP contribution in [0.15, 0.2) is 36.9 Å². The summed E-state index contributed by atoms with van der Waals surface area (Å²) in [6.45, 7) is 0.522. The van der Waals surface area contributed by atoms with Crippen LogP contribution in [-0.2, 0) is 30.6 Å². The lowest BCUT2D eigenvalue weighted by Crippen LogP contribution is -2.24. The zero-order chi connectivity index (χ0) is 18.9. The molecule has 1 amide bonds. The summed E-state index contributed by atoms with van der Waals surface area (Å²) in [6, 6.07) is 6.44. The van der Waals surface area contributed by atoms with E-state index in [0.29, 0.717) is 12.3 Å². The minimum atomic E-state index is -0.0331. The summed E-state index contributed by atoms with van der Waals surface area (Å²) in [4.78, 5) is 24.2. The molecule has 3 heterocycles. The molecule has 142 valence electrons. The Hall–Kier alpha value is -3.22. The molecule has 28 heavy (non-hydrogen) atoms. The molecule has 0 atom stereocenters. The zero-order valence-corrected chi connectivity index (χ0v) is 15.6. The Bertz CT molecular complexity index is 1160. The second-order valence-corrected chi connectivity index (χ2v) is 7.44. The highest BCUT2D eigenvalue weighted by molar-refractivity contribution is 5.85. The van der Waals surface area contributed by atoms with Crippen molar-refractivity contribution >= 4 is 22.6 Å². The summed E-state index contributed by atoms with van der Waals surface area (Å²) >= 11 is 0. The maximum Gasteiger partial charge on any atom is 0.252 e. The maximum absolute atomic E-state index is 12.4. The molecule has 4 aromatic rings. The third kappa shape index (κ3) is 3.24. The minimum Gasteiger partial charge on any atom is -0.358 e. The molecule has 0 spiro atoms. The molecule has 7 heteroatoms. The predicted molar refractivity (Wildman–Crippen MR) is 106 cm³/mol. The molecule has 0 radical (unpaired) electrons. The number of fused-ring (bicyclic) bond motifs is 4. The van der Waals surface area contributed by atoms with Crippen LogP contribution in [0.5, 0.6) is 0 Å². The highest BCUT2D eigenvalue weighted by Gasteiger charge is 2.14. The summed E-state index contributed by atoms with van der Waals surface area (Å²) in [7, 11) is 0. The van der Waals surface area contributed by atoms with Gasteiger partial charge in [-0.05, 0) is 54.5 Å². The Morgan fingerprint density at radius 1 is 1.14 bits per heavy atom. The van der Waals surface area contributed by atoms with Gasteiger partial charge in [-0.3, -0.25) is 4.79 Å². The molecule has 7 nitrogen and oxygen atoms in total. The van der Waals surface area contributed by atoms with Gasteiger partial charge in [0.1, 0.15) is 6.33 Å². The number of aryl methyl sites for hydroxylation is 2. The van der Waals surface area contributed by atoms with Crippen LogP contribution in [0.1, 0.15) is 41.6 Å². The first-order chi connectivity index (χ1) is 13.8. The molecule has 2 N–H and O–H groups in total. The summed E-state index contributed by atoms with van der Waals surface area (Å²) < 4.78 is 1.58. The number of rotatable bonds is 4. The number of aromatic nitrogens is 5. The third-order valence-corrected chi connectivity index (χ3v) is 5.45.